The fraction of sp³-hybridized carbons (Fsp3) is 0.462. The molecule has 0 aromatic carbocycles. The van der Waals surface area contributed by atoms with Gasteiger partial charge in [0.15, 0.2) is 11.1 Å². The van der Waals surface area contributed by atoms with Gasteiger partial charge in [0.05, 0.1) is 13.3 Å². The maximum absolute atomic E-state index is 11.5. The van der Waals surface area contributed by atoms with E-state index in [-0.39, 0.29) is 5.69 Å². The molecule has 21 heavy (non-hydrogen) atoms. The second-order valence-electron chi connectivity index (χ2n) is 4.32. The van der Waals surface area contributed by atoms with Gasteiger partial charge in [-0.3, -0.25) is 4.68 Å². The molecule has 2 aliphatic heterocycles. The molecule has 2 heterocycles. The van der Waals surface area contributed by atoms with E-state index >= 15 is 0 Å². The Kier molecular flexibility index (Phi) is 4.94. The van der Waals surface area contributed by atoms with Gasteiger partial charge in [0.2, 0.25) is 0 Å². The number of hydrogen-bond donors (Lipinski definition) is 1. The van der Waals surface area contributed by atoms with E-state index in [0.717, 1.165) is 6.42 Å². The zero-order valence-electron chi connectivity index (χ0n) is 12.3. The van der Waals surface area contributed by atoms with Crippen LogP contribution >= 0.6 is 0 Å². The Morgan fingerprint density at radius 1 is 1.38 bits per heavy atom. The molecule has 0 saturated carbocycles. The lowest BCUT2D eigenvalue weighted by Crippen LogP contribution is -2.23. The van der Waals surface area contributed by atoms with E-state index in [4.69, 9.17) is 14.1 Å². The maximum atomic E-state index is 11.5. The average molecular weight is 297 g/mol. The largest absolute Gasteiger partial charge is 0.464 e. The summed E-state index contributed by atoms with van der Waals surface area (Å²) in [4.78, 5) is 18.7. The first-order valence-electron chi connectivity index (χ1n) is 6.47. The van der Waals surface area contributed by atoms with Crippen LogP contribution in [0, 0.1) is 10.8 Å². The molecule has 0 fully saturated rings. The van der Waals surface area contributed by atoms with Gasteiger partial charge in [-0.1, -0.05) is 0 Å². The highest BCUT2D eigenvalue weighted by Crippen LogP contribution is 2.03. The molecule has 2 aliphatic rings. The monoisotopic (exact) mass is 297 g/mol. The fourth-order valence-corrected chi connectivity index (χ4v) is 1.81. The molecule has 0 atom stereocenters. The summed E-state index contributed by atoms with van der Waals surface area (Å²) in [5.74, 6) is -0.503. The van der Waals surface area contributed by atoms with Gasteiger partial charge in [-0.05, 0) is 0 Å². The minimum absolute atomic E-state index is 0.220. The average Bonchev–Trinajstić information content (AvgIpc) is 2.52. The summed E-state index contributed by atoms with van der Waals surface area (Å²) in [5, 5.41) is 3.22. The van der Waals surface area contributed by atoms with Crippen molar-refractivity contribution in [2.45, 2.75) is 6.42 Å². The molecule has 0 aromatic heterocycles. The first-order chi connectivity index (χ1) is 10.2. The Labute approximate surface area is 121 Å². The minimum atomic E-state index is -0.503. The molecule has 0 radical (unpaired) electrons. The van der Waals surface area contributed by atoms with Gasteiger partial charge in [0.1, 0.15) is 12.0 Å². The number of esters is 1. The topological polar surface area (TPSA) is 83.6 Å². The Morgan fingerprint density at radius 3 is 2.90 bits per heavy atom. The molecule has 0 unspecified atom stereocenters. The van der Waals surface area contributed by atoms with E-state index in [0.29, 0.717) is 24.0 Å². The number of nitrogens with one attached hydrogen (secondary N) is 1. The van der Waals surface area contributed by atoms with Crippen LogP contribution < -0.4 is 4.84 Å². The van der Waals surface area contributed by atoms with Gasteiger partial charge >= 0.3 is 5.97 Å². The Bertz CT molecular complexity index is 691. The van der Waals surface area contributed by atoms with Crippen LogP contribution in [0.5, 0.6) is 0 Å². The van der Waals surface area contributed by atoms with Crippen molar-refractivity contribution in [3.05, 3.63) is 34.8 Å². The Balaban J connectivity index is 2.31. The summed E-state index contributed by atoms with van der Waals surface area (Å²) in [5.41, 5.74) is 0.805. The smallest absolute Gasteiger partial charge is 0.357 e. The summed E-state index contributed by atoms with van der Waals surface area (Å²) in [6.07, 6.45) is 2.51. The van der Waals surface area contributed by atoms with Crippen molar-refractivity contribution in [1.29, 1.82) is 0 Å². The van der Waals surface area contributed by atoms with Crippen molar-refractivity contribution in [3.63, 3.8) is 0 Å². The van der Waals surface area contributed by atoms with E-state index in [9.17, 15) is 4.79 Å². The fourth-order valence-electron chi connectivity index (χ4n) is 1.81. The first kappa shape index (κ1) is 15.0. The minimum Gasteiger partial charge on any atom is -0.464 e. The number of rotatable bonds is 6. The third-order valence-corrected chi connectivity index (χ3v) is 2.92. The molecule has 8 heteroatoms. The summed E-state index contributed by atoms with van der Waals surface area (Å²) >= 11 is 0. The predicted octanol–water partition coefficient (Wildman–Crippen LogP) is 0.849. The second-order valence-corrected chi connectivity index (χ2v) is 4.32. The maximum Gasteiger partial charge on any atom is 0.357 e. The van der Waals surface area contributed by atoms with Crippen molar-refractivity contribution in [3.8, 4) is 0 Å². The van der Waals surface area contributed by atoms with Crippen molar-refractivity contribution < 1.29 is 23.6 Å². The van der Waals surface area contributed by atoms with Gasteiger partial charge in [-0.25, -0.2) is 9.95 Å². The molecule has 2 rings (SSSR count). The van der Waals surface area contributed by atoms with Crippen molar-refractivity contribution in [2.24, 2.45) is 7.05 Å². The normalized spacial score (nSPS) is 10.6. The Morgan fingerprint density at radius 2 is 2.19 bits per heavy atom. The van der Waals surface area contributed by atoms with E-state index in [1.165, 1.54) is 7.11 Å². The van der Waals surface area contributed by atoms with E-state index in [1.54, 1.807) is 42.0 Å². The molecular weight excluding hydrogens is 278 g/mol. The number of aromatic amines is 1. The molecule has 8 nitrogen and oxygen atoms in total. The number of nitrogens with zero attached hydrogens (tertiary/aromatic N) is 2. The first-order valence-corrected chi connectivity index (χ1v) is 6.47. The summed E-state index contributed by atoms with van der Waals surface area (Å²) in [7, 11) is 4.76. The molecule has 0 spiro atoms. The Hall–Kier alpha value is -2.35. The van der Waals surface area contributed by atoms with E-state index in [2.05, 4.69) is 9.89 Å². The zero-order chi connectivity index (χ0) is 15.2. The van der Waals surface area contributed by atoms with Gasteiger partial charge < -0.3 is 18.8 Å². The molecule has 0 aromatic rings. The third kappa shape index (κ3) is 3.40. The zero-order valence-corrected chi connectivity index (χ0v) is 12.3. The SMILES string of the molecule is COCCCOn1ccc2o[nH]c(C(=O)OC)cc=2n1C. The van der Waals surface area contributed by atoms with Crippen LogP contribution in [0.25, 0.3) is 0 Å². The third-order valence-electron chi connectivity index (χ3n) is 2.92. The quantitative estimate of drug-likeness (QED) is 0.631. The predicted molar refractivity (Wildman–Crippen MR) is 72.2 cm³/mol. The van der Waals surface area contributed by atoms with Crippen LogP contribution in [0.1, 0.15) is 16.9 Å². The highest BCUT2D eigenvalue weighted by Gasteiger charge is 2.08. The lowest BCUT2D eigenvalue weighted by Gasteiger charge is -2.15. The van der Waals surface area contributed by atoms with Crippen molar-refractivity contribution in [2.75, 3.05) is 27.4 Å². The lowest BCUT2D eigenvalue weighted by atomic mass is 10.3. The van der Waals surface area contributed by atoms with Gasteiger partial charge in [-0.2, -0.15) is 0 Å². The summed E-state index contributed by atoms with van der Waals surface area (Å²) in [6, 6.07) is 3.38. The van der Waals surface area contributed by atoms with Crippen molar-refractivity contribution >= 4 is 5.97 Å². The number of H-pyrrole nitrogens is 1. The number of aromatic nitrogens is 3. The number of carbonyl (C=O) groups is 1. The molecule has 0 aliphatic carbocycles. The van der Waals surface area contributed by atoms with Crippen LogP contribution in [0.4, 0.5) is 0 Å². The highest BCUT2D eigenvalue weighted by molar-refractivity contribution is 5.86. The second kappa shape index (κ2) is 6.89. The van der Waals surface area contributed by atoms with E-state index in [1.807, 2.05) is 0 Å². The van der Waals surface area contributed by atoms with Crippen LogP contribution in [0.2, 0.25) is 0 Å². The van der Waals surface area contributed by atoms with Crippen LogP contribution in [-0.2, 0) is 16.5 Å². The molecule has 0 saturated heterocycles. The van der Waals surface area contributed by atoms with Crippen LogP contribution in [0.3, 0.4) is 0 Å². The summed E-state index contributed by atoms with van der Waals surface area (Å²) in [6.45, 7) is 1.15. The molecule has 1 N–H and O–H groups in total. The molecule has 116 valence electrons. The number of hydrogen-bond acceptors (Lipinski definition) is 5. The molecule has 0 amide bonds. The van der Waals surface area contributed by atoms with E-state index < -0.39 is 5.97 Å². The molecular formula is C13H19N3O5. The van der Waals surface area contributed by atoms with Gasteiger partial charge in [-0.15, -0.1) is 4.85 Å². The number of ether oxygens (including phenoxy) is 2. The highest BCUT2D eigenvalue weighted by atomic mass is 16.7. The summed E-state index contributed by atoms with van der Waals surface area (Å²) < 4.78 is 16.7. The van der Waals surface area contributed by atoms with Gasteiger partial charge in [0, 0.05) is 39.3 Å². The van der Waals surface area contributed by atoms with Crippen LogP contribution in [-0.4, -0.2) is 48.1 Å². The number of carbonyl (C=O) groups excluding carboxylic acids is 1. The lowest BCUT2D eigenvalue weighted by molar-refractivity contribution is 0.0398. The van der Waals surface area contributed by atoms with Crippen molar-refractivity contribution in [1.82, 2.24) is 14.7 Å². The van der Waals surface area contributed by atoms with Gasteiger partial charge in [0.25, 0.3) is 0 Å². The standard InChI is InChI=1S/C13H19N3O5/c1-15-11-9-10(13(17)19-3)14-21-12(11)5-6-16(15)20-8-4-7-18-2/h5-6,9,14H,4,7-8H2,1-3H3. The van der Waals surface area contributed by atoms with Crippen LogP contribution in [0.15, 0.2) is 22.9 Å². The molecule has 0 bridgehead atoms. The number of methoxy groups -OCH3 is 2.